The van der Waals surface area contributed by atoms with Crippen molar-refractivity contribution in [1.82, 2.24) is 5.32 Å². The molecule has 6 heteroatoms. The molecule has 0 aliphatic carbocycles. The van der Waals surface area contributed by atoms with Gasteiger partial charge in [-0.1, -0.05) is 27.2 Å². The summed E-state index contributed by atoms with van der Waals surface area (Å²) >= 11 is 0. The Morgan fingerprint density at radius 1 is 1.25 bits per heavy atom. The average molecular weight is 305 g/mol. The zero-order valence-electron chi connectivity index (χ0n) is 12.0. The first-order valence-corrected chi connectivity index (χ1v) is 8.38. The van der Waals surface area contributed by atoms with Gasteiger partial charge in [0.1, 0.15) is 16.5 Å². The maximum atomic E-state index is 13.6. The van der Waals surface area contributed by atoms with Crippen molar-refractivity contribution in [2.24, 2.45) is 5.92 Å². The Labute approximate surface area is 119 Å². The van der Waals surface area contributed by atoms with Gasteiger partial charge in [0, 0.05) is 12.1 Å². The van der Waals surface area contributed by atoms with Gasteiger partial charge in [0.2, 0.25) is 0 Å². The van der Waals surface area contributed by atoms with Crippen LogP contribution in [0.3, 0.4) is 0 Å². The molecule has 1 rings (SSSR count). The molecule has 0 spiro atoms. The van der Waals surface area contributed by atoms with E-state index < -0.39 is 26.4 Å². The zero-order chi connectivity index (χ0) is 15.3. The lowest BCUT2D eigenvalue weighted by atomic mass is 10.0. The molecule has 0 bridgehead atoms. The van der Waals surface area contributed by atoms with Gasteiger partial charge in [-0.15, -0.1) is 0 Å². The van der Waals surface area contributed by atoms with Crippen LogP contribution < -0.4 is 5.32 Å². The standard InChI is InChI=1S/C14H21F2NO2S/c1-4-10(3)13(17-5-2)9-20(18,19)14-7-6-11(15)8-12(14)16/h6-8,10,13,17H,4-5,9H2,1-3H3. The largest absolute Gasteiger partial charge is 0.313 e. The smallest absolute Gasteiger partial charge is 0.182 e. The van der Waals surface area contributed by atoms with E-state index in [4.69, 9.17) is 0 Å². The maximum Gasteiger partial charge on any atom is 0.182 e. The van der Waals surface area contributed by atoms with Gasteiger partial charge < -0.3 is 5.32 Å². The van der Waals surface area contributed by atoms with Crippen molar-refractivity contribution < 1.29 is 17.2 Å². The van der Waals surface area contributed by atoms with Crippen molar-refractivity contribution in [3.63, 3.8) is 0 Å². The Kier molecular flexibility index (Phi) is 6.07. The predicted molar refractivity (Wildman–Crippen MR) is 75.3 cm³/mol. The van der Waals surface area contributed by atoms with Crippen LogP contribution in [0.1, 0.15) is 27.2 Å². The summed E-state index contributed by atoms with van der Waals surface area (Å²) in [5.41, 5.74) is 0. The highest BCUT2D eigenvalue weighted by Gasteiger charge is 2.26. The number of halogens is 2. The van der Waals surface area contributed by atoms with Crippen LogP contribution in [0.4, 0.5) is 8.78 Å². The van der Waals surface area contributed by atoms with Crippen LogP contribution in [0, 0.1) is 17.6 Å². The van der Waals surface area contributed by atoms with Crippen LogP contribution in [-0.2, 0) is 9.84 Å². The average Bonchev–Trinajstić information content (AvgIpc) is 2.36. The lowest BCUT2D eigenvalue weighted by Gasteiger charge is -2.23. The number of sulfone groups is 1. The van der Waals surface area contributed by atoms with Crippen LogP contribution in [0.5, 0.6) is 0 Å². The van der Waals surface area contributed by atoms with Crippen LogP contribution in [0.15, 0.2) is 23.1 Å². The molecule has 0 saturated carbocycles. The molecule has 0 aromatic heterocycles. The fraction of sp³-hybridized carbons (Fsp3) is 0.571. The molecular formula is C14H21F2NO2S. The number of rotatable bonds is 7. The number of benzene rings is 1. The first kappa shape index (κ1) is 17.0. The summed E-state index contributed by atoms with van der Waals surface area (Å²) in [6.45, 7) is 6.45. The molecule has 1 N–H and O–H groups in total. The third kappa shape index (κ3) is 4.24. The molecule has 0 fully saturated rings. The van der Waals surface area contributed by atoms with E-state index in [0.717, 1.165) is 18.6 Å². The second-order valence-electron chi connectivity index (χ2n) is 4.91. The minimum atomic E-state index is -3.79. The van der Waals surface area contributed by atoms with E-state index in [2.05, 4.69) is 5.32 Å². The zero-order valence-corrected chi connectivity index (χ0v) is 12.8. The van der Waals surface area contributed by atoms with E-state index in [9.17, 15) is 17.2 Å². The van der Waals surface area contributed by atoms with Crippen molar-refractivity contribution in [3.8, 4) is 0 Å². The second kappa shape index (κ2) is 7.13. The first-order valence-electron chi connectivity index (χ1n) is 6.73. The minimum absolute atomic E-state index is 0.147. The SMILES string of the molecule is CCNC(CS(=O)(=O)c1ccc(F)cc1F)C(C)CC. The molecule has 1 aromatic carbocycles. The summed E-state index contributed by atoms with van der Waals surface area (Å²) in [6.07, 6.45) is 0.819. The molecular weight excluding hydrogens is 284 g/mol. The van der Waals surface area contributed by atoms with Crippen molar-refractivity contribution >= 4 is 9.84 Å². The Morgan fingerprint density at radius 2 is 1.90 bits per heavy atom. The summed E-state index contributed by atoms with van der Waals surface area (Å²) in [6, 6.07) is 2.29. The van der Waals surface area contributed by atoms with Gasteiger partial charge in [0.25, 0.3) is 0 Å². The van der Waals surface area contributed by atoms with Gasteiger partial charge in [-0.2, -0.15) is 0 Å². The second-order valence-corrected chi connectivity index (χ2v) is 6.91. The fourth-order valence-electron chi connectivity index (χ4n) is 2.02. The summed E-state index contributed by atoms with van der Waals surface area (Å²) in [5.74, 6) is -1.87. The molecule has 0 aliphatic rings. The summed E-state index contributed by atoms with van der Waals surface area (Å²) in [7, 11) is -3.79. The van der Waals surface area contributed by atoms with Crippen LogP contribution in [0.25, 0.3) is 0 Å². The quantitative estimate of drug-likeness (QED) is 0.788. The topological polar surface area (TPSA) is 46.2 Å². The van der Waals surface area contributed by atoms with Gasteiger partial charge in [0.05, 0.1) is 5.75 Å². The van der Waals surface area contributed by atoms with E-state index >= 15 is 0 Å². The highest BCUT2D eigenvalue weighted by molar-refractivity contribution is 7.91. The summed E-state index contributed by atoms with van der Waals surface area (Å²) in [5, 5.41) is 3.11. The third-order valence-electron chi connectivity index (χ3n) is 3.43. The Morgan fingerprint density at radius 3 is 2.40 bits per heavy atom. The molecule has 1 aromatic rings. The van der Waals surface area contributed by atoms with Crippen LogP contribution in [-0.4, -0.2) is 26.8 Å². The van der Waals surface area contributed by atoms with Gasteiger partial charge in [-0.05, 0) is 24.6 Å². The molecule has 0 heterocycles. The highest BCUT2D eigenvalue weighted by Crippen LogP contribution is 2.20. The molecule has 114 valence electrons. The molecule has 2 unspecified atom stereocenters. The Bertz CT molecular complexity index is 546. The highest BCUT2D eigenvalue weighted by atomic mass is 32.2. The molecule has 0 radical (unpaired) electrons. The maximum absolute atomic E-state index is 13.6. The molecule has 3 nitrogen and oxygen atoms in total. The third-order valence-corrected chi connectivity index (χ3v) is 5.22. The van der Waals surface area contributed by atoms with Crippen molar-refractivity contribution in [2.45, 2.75) is 38.1 Å². The van der Waals surface area contributed by atoms with Crippen molar-refractivity contribution in [3.05, 3.63) is 29.8 Å². The van der Waals surface area contributed by atoms with Gasteiger partial charge in [0.15, 0.2) is 9.84 Å². The number of nitrogens with one attached hydrogen (secondary N) is 1. The van der Waals surface area contributed by atoms with Crippen molar-refractivity contribution in [1.29, 1.82) is 0 Å². The summed E-state index contributed by atoms with van der Waals surface area (Å²) < 4.78 is 51.0. The predicted octanol–water partition coefficient (Wildman–Crippen LogP) is 2.76. The van der Waals surface area contributed by atoms with E-state index in [0.29, 0.717) is 12.6 Å². The van der Waals surface area contributed by atoms with Crippen LogP contribution in [0.2, 0.25) is 0 Å². The molecule has 0 amide bonds. The molecule has 20 heavy (non-hydrogen) atoms. The lowest BCUT2D eigenvalue weighted by Crippen LogP contribution is -2.40. The number of hydrogen-bond acceptors (Lipinski definition) is 3. The van der Waals surface area contributed by atoms with Crippen LogP contribution >= 0.6 is 0 Å². The van der Waals surface area contributed by atoms with E-state index in [1.807, 2.05) is 20.8 Å². The van der Waals surface area contributed by atoms with E-state index in [1.54, 1.807) is 0 Å². The Hall–Kier alpha value is -1.01. The summed E-state index contributed by atoms with van der Waals surface area (Å²) in [4.78, 5) is -0.440. The van der Waals surface area contributed by atoms with Gasteiger partial charge >= 0.3 is 0 Å². The first-order chi connectivity index (χ1) is 9.31. The van der Waals surface area contributed by atoms with E-state index in [1.165, 1.54) is 0 Å². The lowest BCUT2D eigenvalue weighted by molar-refractivity contribution is 0.397. The molecule has 0 aliphatic heterocycles. The van der Waals surface area contributed by atoms with Crippen molar-refractivity contribution in [2.75, 3.05) is 12.3 Å². The normalized spacial score (nSPS) is 15.1. The van der Waals surface area contributed by atoms with Gasteiger partial charge in [-0.3, -0.25) is 0 Å². The molecule has 0 saturated heterocycles. The molecule has 2 atom stereocenters. The monoisotopic (exact) mass is 305 g/mol. The van der Waals surface area contributed by atoms with Gasteiger partial charge in [-0.25, -0.2) is 17.2 Å². The Balaban J connectivity index is 3.03. The van der Waals surface area contributed by atoms with E-state index in [-0.39, 0.29) is 17.7 Å². The minimum Gasteiger partial charge on any atom is -0.313 e. The number of hydrogen-bond donors (Lipinski definition) is 1. The fourth-order valence-corrected chi connectivity index (χ4v) is 3.75.